The number of nitrogens with two attached hydrogens (primary N) is 2. The van der Waals surface area contributed by atoms with Crippen LogP contribution in [0.3, 0.4) is 0 Å². The molecule has 0 bridgehead atoms. The standard InChI is InChI=1S/C12H19ClN2O.ClH/c1-16-12-8-9(5-6-10(12)13)11(15)4-2-3-7-14;/h5-6,8,11H,2-4,7,14-15H2,1H3;1H/t11-;/m0./s1. The third-order valence-electron chi connectivity index (χ3n) is 2.57. The van der Waals surface area contributed by atoms with E-state index in [2.05, 4.69) is 0 Å². The molecule has 0 aliphatic carbocycles. The molecule has 1 aromatic rings. The Morgan fingerprint density at radius 1 is 1.35 bits per heavy atom. The number of hydrogen-bond acceptors (Lipinski definition) is 3. The van der Waals surface area contributed by atoms with E-state index in [0.29, 0.717) is 10.8 Å². The molecule has 1 aromatic carbocycles. The first-order valence-electron chi connectivity index (χ1n) is 5.48. The zero-order chi connectivity index (χ0) is 12.0. The minimum absolute atomic E-state index is 0. The number of hydrogen-bond donors (Lipinski definition) is 2. The molecule has 0 heterocycles. The van der Waals surface area contributed by atoms with Crippen LogP contribution in [0.15, 0.2) is 18.2 Å². The first kappa shape index (κ1) is 16.5. The molecule has 0 aromatic heterocycles. The minimum Gasteiger partial charge on any atom is -0.495 e. The van der Waals surface area contributed by atoms with Crippen molar-refractivity contribution in [2.75, 3.05) is 13.7 Å². The molecule has 0 fully saturated rings. The second kappa shape index (κ2) is 8.59. The van der Waals surface area contributed by atoms with Crippen LogP contribution >= 0.6 is 24.0 Å². The first-order valence-corrected chi connectivity index (χ1v) is 5.86. The van der Waals surface area contributed by atoms with Crippen molar-refractivity contribution in [2.45, 2.75) is 25.3 Å². The van der Waals surface area contributed by atoms with E-state index in [4.69, 9.17) is 27.8 Å². The number of halogens is 2. The molecule has 0 radical (unpaired) electrons. The Balaban J connectivity index is 0.00000256. The molecule has 1 rings (SSSR count). The monoisotopic (exact) mass is 278 g/mol. The van der Waals surface area contributed by atoms with Gasteiger partial charge < -0.3 is 16.2 Å². The highest BCUT2D eigenvalue weighted by Crippen LogP contribution is 2.28. The summed E-state index contributed by atoms with van der Waals surface area (Å²) in [6.45, 7) is 0.719. The van der Waals surface area contributed by atoms with Gasteiger partial charge in [0.2, 0.25) is 0 Å². The fourth-order valence-corrected chi connectivity index (χ4v) is 1.78. The zero-order valence-electron chi connectivity index (χ0n) is 9.99. The SMILES string of the molecule is COc1cc([C@@H](N)CCCCN)ccc1Cl.Cl. The van der Waals surface area contributed by atoms with Crippen LogP contribution in [0.2, 0.25) is 5.02 Å². The van der Waals surface area contributed by atoms with Gasteiger partial charge in [-0.05, 0) is 37.1 Å². The van der Waals surface area contributed by atoms with Gasteiger partial charge in [-0.2, -0.15) is 0 Å². The average Bonchev–Trinajstić information content (AvgIpc) is 2.30. The molecule has 3 nitrogen and oxygen atoms in total. The van der Waals surface area contributed by atoms with Crippen LogP contribution in [-0.2, 0) is 0 Å². The van der Waals surface area contributed by atoms with E-state index in [9.17, 15) is 0 Å². The lowest BCUT2D eigenvalue weighted by atomic mass is 10.0. The lowest BCUT2D eigenvalue weighted by molar-refractivity contribution is 0.413. The van der Waals surface area contributed by atoms with Crippen molar-refractivity contribution >= 4 is 24.0 Å². The van der Waals surface area contributed by atoms with Crippen molar-refractivity contribution in [1.82, 2.24) is 0 Å². The Morgan fingerprint density at radius 3 is 2.65 bits per heavy atom. The van der Waals surface area contributed by atoms with Gasteiger partial charge in [-0.15, -0.1) is 12.4 Å². The van der Waals surface area contributed by atoms with Crippen LogP contribution in [0.1, 0.15) is 30.9 Å². The van der Waals surface area contributed by atoms with E-state index < -0.39 is 0 Å². The Hall–Kier alpha value is -0.480. The summed E-state index contributed by atoms with van der Waals surface area (Å²) in [7, 11) is 1.60. The molecule has 0 saturated heterocycles. The normalized spacial score (nSPS) is 11.8. The van der Waals surface area contributed by atoms with Crippen LogP contribution in [0, 0.1) is 0 Å². The molecule has 98 valence electrons. The quantitative estimate of drug-likeness (QED) is 0.787. The predicted molar refractivity (Wildman–Crippen MR) is 75.1 cm³/mol. The Morgan fingerprint density at radius 2 is 2.06 bits per heavy atom. The van der Waals surface area contributed by atoms with E-state index in [1.54, 1.807) is 7.11 Å². The summed E-state index contributed by atoms with van der Waals surface area (Å²) in [4.78, 5) is 0. The lowest BCUT2D eigenvalue weighted by Crippen LogP contribution is -2.11. The molecular weight excluding hydrogens is 259 g/mol. The van der Waals surface area contributed by atoms with Gasteiger partial charge in [-0.25, -0.2) is 0 Å². The van der Waals surface area contributed by atoms with Gasteiger partial charge in [0.25, 0.3) is 0 Å². The predicted octanol–water partition coefficient (Wildman–Crippen LogP) is 2.90. The smallest absolute Gasteiger partial charge is 0.137 e. The van der Waals surface area contributed by atoms with Crippen molar-refractivity contribution in [3.63, 3.8) is 0 Å². The molecule has 0 saturated carbocycles. The van der Waals surface area contributed by atoms with Crippen molar-refractivity contribution in [3.8, 4) is 5.75 Å². The second-order valence-electron chi connectivity index (χ2n) is 3.78. The fourth-order valence-electron chi connectivity index (χ4n) is 1.58. The van der Waals surface area contributed by atoms with Crippen LogP contribution < -0.4 is 16.2 Å². The van der Waals surface area contributed by atoms with E-state index in [-0.39, 0.29) is 18.4 Å². The van der Waals surface area contributed by atoms with Crippen molar-refractivity contribution in [2.24, 2.45) is 11.5 Å². The highest BCUT2D eigenvalue weighted by atomic mass is 35.5. The van der Waals surface area contributed by atoms with E-state index in [1.165, 1.54) is 0 Å². The van der Waals surface area contributed by atoms with Gasteiger partial charge >= 0.3 is 0 Å². The van der Waals surface area contributed by atoms with Gasteiger partial charge in [-0.3, -0.25) is 0 Å². The van der Waals surface area contributed by atoms with Gasteiger partial charge in [0.1, 0.15) is 5.75 Å². The van der Waals surface area contributed by atoms with Crippen LogP contribution in [0.4, 0.5) is 0 Å². The summed E-state index contributed by atoms with van der Waals surface area (Å²) < 4.78 is 5.15. The lowest BCUT2D eigenvalue weighted by Gasteiger charge is -2.13. The minimum atomic E-state index is 0. The molecule has 5 heteroatoms. The number of unbranched alkanes of at least 4 members (excludes halogenated alkanes) is 1. The molecule has 4 N–H and O–H groups in total. The maximum atomic E-state index is 6.07. The number of rotatable bonds is 6. The largest absolute Gasteiger partial charge is 0.495 e. The highest BCUT2D eigenvalue weighted by Gasteiger charge is 2.08. The third-order valence-corrected chi connectivity index (χ3v) is 2.88. The average molecular weight is 279 g/mol. The third kappa shape index (κ3) is 5.13. The maximum absolute atomic E-state index is 6.07. The van der Waals surface area contributed by atoms with E-state index >= 15 is 0 Å². The van der Waals surface area contributed by atoms with Gasteiger partial charge in [0, 0.05) is 6.04 Å². The number of benzene rings is 1. The summed E-state index contributed by atoms with van der Waals surface area (Å²) in [6.07, 6.45) is 2.99. The first-order chi connectivity index (χ1) is 7.69. The van der Waals surface area contributed by atoms with Crippen molar-refractivity contribution in [1.29, 1.82) is 0 Å². The fraction of sp³-hybridized carbons (Fsp3) is 0.500. The summed E-state index contributed by atoms with van der Waals surface area (Å²) in [5.41, 5.74) is 12.6. The maximum Gasteiger partial charge on any atom is 0.137 e. The van der Waals surface area contributed by atoms with Crippen LogP contribution in [-0.4, -0.2) is 13.7 Å². The molecule has 0 aliphatic rings. The number of methoxy groups -OCH3 is 1. The second-order valence-corrected chi connectivity index (χ2v) is 4.19. The molecule has 0 spiro atoms. The van der Waals surface area contributed by atoms with E-state index in [0.717, 1.165) is 31.4 Å². The van der Waals surface area contributed by atoms with Gasteiger partial charge in [0.15, 0.2) is 0 Å². The van der Waals surface area contributed by atoms with E-state index in [1.807, 2.05) is 18.2 Å². The van der Waals surface area contributed by atoms with Crippen molar-refractivity contribution < 1.29 is 4.74 Å². The summed E-state index contributed by atoms with van der Waals surface area (Å²) in [5.74, 6) is 0.674. The summed E-state index contributed by atoms with van der Waals surface area (Å²) >= 11 is 5.95. The molecule has 0 aliphatic heterocycles. The Labute approximate surface area is 114 Å². The molecule has 1 atom stereocenters. The van der Waals surface area contributed by atoms with Gasteiger partial charge in [0.05, 0.1) is 12.1 Å². The summed E-state index contributed by atoms with van der Waals surface area (Å²) in [5, 5.41) is 0.611. The summed E-state index contributed by atoms with van der Waals surface area (Å²) in [6, 6.07) is 5.68. The molecule has 17 heavy (non-hydrogen) atoms. The topological polar surface area (TPSA) is 61.3 Å². The number of ether oxygens (including phenoxy) is 1. The van der Waals surface area contributed by atoms with Crippen LogP contribution in [0.25, 0.3) is 0 Å². The van der Waals surface area contributed by atoms with Gasteiger partial charge in [-0.1, -0.05) is 24.1 Å². The molecular formula is C12H20Cl2N2O. The van der Waals surface area contributed by atoms with Crippen LogP contribution in [0.5, 0.6) is 5.75 Å². The Bertz CT molecular complexity index is 334. The molecule has 0 amide bonds. The Kier molecular flexibility index (Phi) is 8.35. The van der Waals surface area contributed by atoms with Crippen molar-refractivity contribution in [3.05, 3.63) is 28.8 Å². The molecule has 0 unspecified atom stereocenters. The highest BCUT2D eigenvalue weighted by molar-refractivity contribution is 6.32. The zero-order valence-corrected chi connectivity index (χ0v) is 11.6.